The van der Waals surface area contributed by atoms with Crippen LogP contribution in [0.1, 0.15) is 19.8 Å². The number of hydrogen-bond donors (Lipinski definition) is 2. The van der Waals surface area contributed by atoms with Crippen molar-refractivity contribution >= 4 is 15.7 Å². The minimum Gasteiger partial charge on any atom is -0.353 e. The van der Waals surface area contributed by atoms with Gasteiger partial charge in [0.1, 0.15) is 0 Å². The number of sulfone groups is 1. The number of alkyl halides is 3. The third-order valence-electron chi connectivity index (χ3n) is 3.01. The maximum Gasteiger partial charge on any atom is 0.415 e. The van der Waals surface area contributed by atoms with Gasteiger partial charge in [-0.15, -0.1) is 0 Å². The summed E-state index contributed by atoms with van der Waals surface area (Å²) in [5.74, 6) is -1.41. The van der Waals surface area contributed by atoms with Crippen LogP contribution in [0.5, 0.6) is 0 Å². The Bertz CT molecular complexity index is 431. The van der Waals surface area contributed by atoms with Crippen molar-refractivity contribution in [1.82, 2.24) is 5.32 Å². The van der Waals surface area contributed by atoms with E-state index < -0.39 is 32.7 Å². The molecule has 0 aromatic carbocycles. The van der Waals surface area contributed by atoms with Gasteiger partial charge < -0.3 is 11.1 Å². The highest BCUT2D eigenvalue weighted by Crippen LogP contribution is 2.28. The van der Waals surface area contributed by atoms with Crippen LogP contribution in [0.3, 0.4) is 0 Å². The molecule has 2 atom stereocenters. The molecule has 1 aliphatic heterocycles. The monoisotopic (exact) mass is 288 g/mol. The Hall–Kier alpha value is -0.830. The summed E-state index contributed by atoms with van der Waals surface area (Å²) in [4.78, 5) is 11.3. The second-order valence-corrected chi connectivity index (χ2v) is 6.94. The number of carbonyl (C=O) groups excluding carboxylic acids is 1. The SMILES string of the molecule is CC(N)(C(=O)NCC1CCCS1(=O)=O)C(F)(F)F. The molecule has 5 nitrogen and oxygen atoms in total. The predicted octanol–water partition coefficient (Wildman–Crippen LogP) is -0.0405. The van der Waals surface area contributed by atoms with Crippen LogP contribution in [-0.4, -0.2) is 43.6 Å². The third kappa shape index (κ3) is 2.94. The predicted molar refractivity (Wildman–Crippen MR) is 58.5 cm³/mol. The molecular formula is C9H15F3N2O3S. The molecule has 0 saturated carbocycles. The highest BCUT2D eigenvalue weighted by atomic mass is 32.2. The van der Waals surface area contributed by atoms with Crippen LogP contribution in [0.4, 0.5) is 13.2 Å². The molecule has 2 unspecified atom stereocenters. The number of amides is 1. The molecule has 0 spiro atoms. The summed E-state index contributed by atoms with van der Waals surface area (Å²) in [6.07, 6.45) is -4.08. The summed E-state index contributed by atoms with van der Waals surface area (Å²) >= 11 is 0. The van der Waals surface area contributed by atoms with Gasteiger partial charge in [0.05, 0.1) is 11.0 Å². The van der Waals surface area contributed by atoms with Crippen molar-refractivity contribution in [2.75, 3.05) is 12.3 Å². The minimum atomic E-state index is -4.88. The molecule has 0 bridgehead atoms. The first kappa shape index (κ1) is 15.2. The van der Waals surface area contributed by atoms with Gasteiger partial charge in [0.15, 0.2) is 15.4 Å². The molecule has 3 N–H and O–H groups in total. The Morgan fingerprint density at radius 3 is 2.39 bits per heavy atom. The maximum absolute atomic E-state index is 12.4. The van der Waals surface area contributed by atoms with E-state index in [1.54, 1.807) is 0 Å². The summed E-state index contributed by atoms with van der Waals surface area (Å²) in [7, 11) is -3.30. The lowest BCUT2D eigenvalue weighted by Gasteiger charge is -2.26. The zero-order chi connectivity index (χ0) is 14.2. The maximum atomic E-state index is 12.4. The molecule has 1 aliphatic rings. The van der Waals surface area contributed by atoms with Crippen molar-refractivity contribution in [3.8, 4) is 0 Å². The normalized spacial score (nSPS) is 26.6. The summed E-state index contributed by atoms with van der Waals surface area (Å²) in [5, 5.41) is 1.15. The molecule has 1 fully saturated rings. The van der Waals surface area contributed by atoms with Gasteiger partial charge in [-0.3, -0.25) is 4.79 Å². The Morgan fingerprint density at radius 1 is 1.44 bits per heavy atom. The van der Waals surface area contributed by atoms with Gasteiger partial charge in [-0.2, -0.15) is 13.2 Å². The van der Waals surface area contributed by atoms with E-state index in [0.717, 1.165) is 0 Å². The molecule has 1 rings (SSSR count). The van der Waals surface area contributed by atoms with Crippen molar-refractivity contribution < 1.29 is 26.4 Å². The van der Waals surface area contributed by atoms with Crippen LogP contribution in [0.2, 0.25) is 0 Å². The molecule has 0 aliphatic carbocycles. The standard InChI is InChI=1S/C9H15F3N2O3S/c1-8(13,9(10,11)12)7(15)14-5-6-3-2-4-18(6,16)17/h6H,2-5,13H2,1H3,(H,14,15). The number of rotatable bonds is 3. The summed E-state index contributed by atoms with van der Waals surface area (Å²) in [6.45, 7) is 0.218. The number of hydrogen-bond acceptors (Lipinski definition) is 4. The van der Waals surface area contributed by atoms with Gasteiger partial charge in [-0.25, -0.2) is 8.42 Å². The smallest absolute Gasteiger partial charge is 0.353 e. The Morgan fingerprint density at radius 2 is 2.00 bits per heavy atom. The Balaban J connectivity index is 2.63. The lowest BCUT2D eigenvalue weighted by atomic mass is 10.0. The molecule has 0 radical (unpaired) electrons. The van der Waals surface area contributed by atoms with Gasteiger partial charge in [-0.05, 0) is 19.8 Å². The molecule has 1 amide bonds. The van der Waals surface area contributed by atoms with Crippen molar-refractivity contribution in [2.24, 2.45) is 5.73 Å². The molecule has 1 saturated heterocycles. The fraction of sp³-hybridized carbons (Fsp3) is 0.889. The van der Waals surface area contributed by atoms with Crippen LogP contribution in [0, 0.1) is 0 Å². The summed E-state index contributed by atoms with van der Waals surface area (Å²) in [6, 6.07) is 0. The molecule has 106 valence electrons. The Labute approximate surface area is 103 Å². The Kier molecular flexibility index (Phi) is 3.97. The van der Waals surface area contributed by atoms with Crippen LogP contribution in [-0.2, 0) is 14.6 Å². The average molecular weight is 288 g/mol. The topological polar surface area (TPSA) is 89.3 Å². The second kappa shape index (κ2) is 4.69. The zero-order valence-electron chi connectivity index (χ0n) is 9.75. The van der Waals surface area contributed by atoms with Crippen LogP contribution in [0.25, 0.3) is 0 Å². The highest BCUT2D eigenvalue weighted by molar-refractivity contribution is 7.92. The van der Waals surface area contributed by atoms with E-state index in [9.17, 15) is 26.4 Å². The molecule has 9 heteroatoms. The largest absolute Gasteiger partial charge is 0.415 e. The van der Waals surface area contributed by atoms with Crippen molar-refractivity contribution in [1.29, 1.82) is 0 Å². The van der Waals surface area contributed by atoms with Gasteiger partial charge in [0.25, 0.3) is 0 Å². The highest BCUT2D eigenvalue weighted by Gasteiger charge is 2.54. The summed E-state index contributed by atoms with van der Waals surface area (Å²) < 4.78 is 60.1. The van der Waals surface area contributed by atoms with Gasteiger partial charge >= 0.3 is 6.18 Å². The van der Waals surface area contributed by atoms with Crippen LogP contribution in [0.15, 0.2) is 0 Å². The number of nitrogens with one attached hydrogen (secondary N) is 1. The lowest BCUT2D eigenvalue weighted by Crippen LogP contribution is -2.62. The zero-order valence-corrected chi connectivity index (χ0v) is 10.6. The van der Waals surface area contributed by atoms with E-state index in [2.05, 4.69) is 0 Å². The third-order valence-corrected chi connectivity index (χ3v) is 5.29. The van der Waals surface area contributed by atoms with E-state index in [0.29, 0.717) is 19.8 Å². The first-order valence-electron chi connectivity index (χ1n) is 5.34. The van der Waals surface area contributed by atoms with Crippen molar-refractivity contribution in [2.45, 2.75) is 36.7 Å². The molecule has 0 aromatic heterocycles. The molecular weight excluding hydrogens is 273 g/mol. The fourth-order valence-corrected chi connectivity index (χ4v) is 3.37. The van der Waals surface area contributed by atoms with Crippen molar-refractivity contribution in [3.05, 3.63) is 0 Å². The van der Waals surface area contributed by atoms with Crippen LogP contribution < -0.4 is 11.1 Å². The molecule has 0 aromatic rings. The molecule has 1 heterocycles. The van der Waals surface area contributed by atoms with Crippen molar-refractivity contribution in [3.63, 3.8) is 0 Å². The van der Waals surface area contributed by atoms with Gasteiger partial charge in [-0.1, -0.05) is 0 Å². The van der Waals surface area contributed by atoms with Gasteiger partial charge in [0.2, 0.25) is 5.91 Å². The average Bonchev–Trinajstić information content (AvgIpc) is 2.52. The van der Waals surface area contributed by atoms with E-state index in [4.69, 9.17) is 5.73 Å². The fourth-order valence-electron chi connectivity index (χ4n) is 1.61. The van der Waals surface area contributed by atoms with E-state index >= 15 is 0 Å². The first-order valence-corrected chi connectivity index (χ1v) is 7.05. The quantitative estimate of drug-likeness (QED) is 0.762. The lowest BCUT2D eigenvalue weighted by molar-refractivity contribution is -0.187. The van der Waals surface area contributed by atoms with E-state index in [1.807, 2.05) is 5.32 Å². The number of carbonyl (C=O) groups is 1. The first-order chi connectivity index (χ1) is 7.98. The summed E-state index contributed by atoms with van der Waals surface area (Å²) in [5.41, 5.74) is 1.88. The van der Waals surface area contributed by atoms with Gasteiger partial charge in [0, 0.05) is 6.54 Å². The number of halogens is 3. The second-order valence-electron chi connectivity index (χ2n) is 4.54. The van der Waals surface area contributed by atoms with E-state index in [1.165, 1.54) is 0 Å². The van der Waals surface area contributed by atoms with E-state index in [-0.39, 0.29) is 12.3 Å². The number of nitrogens with two attached hydrogens (primary N) is 1. The minimum absolute atomic E-state index is 0.00665. The molecule has 18 heavy (non-hydrogen) atoms. The van der Waals surface area contributed by atoms with Crippen LogP contribution >= 0.6 is 0 Å².